The van der Waals surface area contributed by atoms with Crippen LogP contribution in [0, 0.1) is 0 Å². The van der Waals surface area contributed by atoms with Crippen molar-refractivity contribution in [1.29, 1.82) is 0 Å². The molecule has 1 atom stereocenters. The van der Waals surface area contributed by atoms with Gasteiger partial charge in [0.1, 0.15) is 5.52 Å². The Bertz CT molecular complexity index is 709. The Balaban J connectivity index is 1.85. The Kier molecular flexibility index (Phi) is 4.08. The van der Waals surface area contributed by atoms with Crippen molar-refractivity contribution < 1.29 is 9.52 Å². The van der Waals surface area contributed by atoms with Crippen molar-refractivity contribution in [1.82, 2.24) is 4.98 Å². The number of hydrogen-bond donors (Lipinski definition) is 2. The molecule has 2 aromatic carbocycles. The van der Waals surface area contributed by atoms with Crippen LogP contribution in [0.4, 0.5) is 5.69 Å². The van der Waals surface area contributed by atoms with E-state index in [4.69, 9.17) is 16.0 Å². The quantitative estimate of drug-likeness (QED) is 0.708. The minimum absolute atomic E-state index is 0.206. The molecule has 4 nitrogen and oxygen atoms in total. The minimum Gasteiger partial charge on any atom is -0.436 e. The van der Waals surface area contributed by atoms with Crippen molar-refractivity contribution in [2.75, 3.05) is 17.7 Å². The maximum Gasteiger partial charge on any atom is 0.227 e. The normalized spacial score (nSPS) is 12.5. The third-order valence-corrected chi connectivity index (χ3v) is 3.48. The standard InChI is InChI=1S/C16H15ClN2O2/c17-9-13(20)10-18-12-5-3-4-11(8-12)16-19-14-6-1-2-7-15(14)21-16/h1-8,13,18,20H,9-10H2. The summed E-state index contributed by atoms with van der Waals surface area (Å²) in [6.45, 7) is 0.403. The van der Waals surface area contributed by atoms with Crippen LogP contribution in [-0.2, 0) is 0 Å². The van der Waals surface area contributed by atoms with Crippen molar-refractivity contribution >= 4 is 28.4 Å². The zero-order valence-electron chi connectivity index (χ0n) is 11.3. The SMILES string of the molecule is OC(CCl)CNc1cccc(-c2nc3ccccc3o2)c1. The van der Waals surface area contributed by atoms with E-state index in [-0.39, 0.29) is 5.88 Å². The maximum absolute atomic E-state index is 9.48. The molecule has 0 aliphatic heterocycles. The molecule has 108 valence electrons. The highest BCUT2D eigenvalue weighted by atomic mass is 35.5. The van der Waals surface area contributed by atoms with Crippen LogP contribution in [0.15, 0.2) is 52.9 Å². The van der Waals surface area contributed by atoms with Crippen molar-refractivity contribution in [3.8, 4) is 11.5 Å². The number of benzene rings is 2. The van der Waals surface area contributed by atoms with Gasteiger partial charge in [0.2, 0.25) is 5.89 Å². The third-order valence-electron chi connectivity index (χ3n) is 3.12. The van der Waals surface area contributed by atoms with E-state index in [1.807, 2.05) is 48.5 Å². The van der Waals surface area contributed by atoms with Gasteiger partial charge in [0.25, 0.3) is 0 Å². The highest BCUT2D eigenvalue weighted by molar-refractivity contribution is 6.18. The third kappa shape index (κ3) is 3.17. The molecule has 1 heterocycles. The number of rotatable bonds is 5. The van der Waals surface area contributed by atoms with Gasteiger partial charge in [0, 0.05) is 17.8 Å². The monoisotopic (exact) mass is 302 g/mol. The number of aliphatic hydroxyl groups is 1. The second-order valence-electron chi connectivity index (χ2n) is 4.76. The van der Waals surface area contributed by atoms with Gasteiger partial charge in [-0.2, -0.15) is 0 Å². The number of hydrogen-bond acceptors (Lipinski definition) is 4. The van der Waals surface area contributed by atoms with Crippen LogP contribution < -0.4 is 5.32 Å². The Morgan fingerprint density at radius 2 is 2.05 bits per heavy atom. The number of aromatic nitrogens is 1. The molecule has 2 N–H and O–H groups in total. The van der Waals surface area contributed by atoms with Gasteiger partial charge in [-0.1, -0.05) is 18.2 Å². The van der Waals surface area contributed by atoms with Gasteiger partial charge in [-0.3, -0.25) is 0 Å². The molecule has 3 aromatic rings. The summed E-state index contributed by atoms with van der Waals surface area (Å²) in [5, 5.41) is 12.6. The Labute approximate surface area is 127 Å². The number of anilines is 1. The van der Waals surface area contributed by atoms with Crippen LogP contribution in [0.3, 0.4) is 0 Å². The van der Waals surface area contributed by atoms with Gasteiger partial charge in [-0.05, 0) is 30.3 Å². The van der Waals surface area contributed by atoms with Crippen LogP contribution in [0.25, 0.3) is 22.6 Å². The molecule has 0 radical (unpaired) electrons. The van der Waals surface area contributed by atoms with Gasteiger partial charge >= 0.3 is 0 Å². The number of fused-ring (bicyclic) bond motifs is 1. The molecular formula is C16H15ClN2O2. The summed E-state index contributed by atoms with van der Waals surface area (Å²) in [5.41, 5.74) is 3.38. The van der Waals surface area contributed by atoms with Crippen LogP contribution in [0.2, 0.25) is 0 Å². The summed E-state index contributed by atoms with van der Waals surface area (Å²) in [5.74, 6) is 0.787. The molecule has 21 heavy (non-hydrogen) atoms. The lowest BCUT2D eigenvalue weighted by Gasteiger charge is -2.10. The number of alkyl halides is 1. The zero-order chi connectivity index (χ0) is 14.7. The lowest BCUT2D eigenvalue weighted by Crippen LogP contribution is -2.20. The number of oxazole rings is 1. The Hall–Kier alpha value is -2.04. The summed E-state index contributed by atoms with van der Waals surface area (Å²) < 4.78 is 5.75. The van der Waals surface area contributed by atoms with Crippen LogP contribution in [-0.4, -0.2) is 28.6 Å². The molecule has 1 unspecified atom stereocenters. The molecule has 0 aliphatic carbocycles. The van der Waals surface area contributed by atoms with E-state index in [1.54, 1.807) is 0 Å². The molecule has 0 bridgehead atoms. The van der Waals surface area contributed by atoms with Crippen LogP contribution in [0.1, 0.15) is 0 Å². The molecule has 5 heteroatoms. The van der Waals surface area contributed by atoms with Crippen LogP contribution >= 0.6 is 11.6 Å². The lowest BCUT2D eigenvalue weighted by atomic mass is 10.2. The number of nitrogens with one attached hydrogen (secondary N) is 1. The summed E-state index contributed by atoms with van der Waals surface area (Å²) in [7, 11) is 0. The average Bonchev–Trinajstić information content (AvgIpc) is 2.97. The number of halogens is 1. The zero-order valence-corrected chi connectivity index (χ0v) is 12.0. The van der Waals surface area contributed by atoms with E-state index >= 15 is 0 Å². The summed E-state index contributed by atoms with van der Waals surface area (Å²) >= 11 is 5.58. The first-order chi connectivity index (χ1) is 10.3. The number of nitrogens with zero attached hydrogens (tertiary/aromatic N) is 1. The smallest absolute Gasteiger partial charge is 0.227 e. The second kappa shape index (κ2) is 6.16. The summed E-state index contributed by atoms with van der Waals surface area (Å²) in [4.78, 5) is 4.47. The molecule has 3 rings (SSSR count). The maximum atomic E-state index is 9.48. The molecule has 0 aliphatic rings. The van der Waals surface area contributed by atoms with Gasteiger partial charge < -0.3 is 14.8 Å². The minimum atomic E-state index is -0.570. The molecule has 0 saturated carbocycles. The summed E-state index contributed by atoms with van der Waals surface area (Å²) in [6, 6.07) is 15.4. The van der Waals surface area contributed by atoms with E-state index in [0.717, 1.165) is 22.4 Å². The Morgan fingerprint density at radius 1 is 1.19 bits per heavy atom. The van der Waals surface area contributed by atoms with Gasteiger partial charge in [-0.25, -0.2) is 4.98 Å². The number of aliphatic hydroxyl groups excluding tert-OH is 1. The van der Waals surface area contributed by atoms with E-state index in [9.17, 15) is 5.11 Å². The Morgan fingerprint density at radius 3 is 2.86 bits per heavy atom. The first-order valence-corrected chi connectivity index (χ1v) is 7.23. The van der Waals surface area contributed by atoms with Crippen molar-refractivity contribution in [2.45, 2.75) is 6.10 Å². The fourth-order valence-corrected chi connectivity index (χ4v) is 2.16. The van der Waals surface area contributed by atoms with E-state index in [2.05, 4.69) is 10.3 Å². The first-order valence-electron chi connectivity index (χ1n) is 6.70. The van der Waals surface area contributed by atoms with Crippen molar-refractivity contribution in [3.63, 3.8) is 0 Å². The molecular weight excluding hydrogens is 288 g/mol. The van der Waals surface area contributed by atoms with E-state index in [0.29, 0.717) is 12.4 Å². The predicted octanol–water partition coefficient (Wildman–Crippen LogP) is 3.51. The fraction of sp³-hybridized carbons (Fsp3) is 0.188. The summed E-state index contributed by atoms with van der Waals surface area (Å²) in [6.07, 6.45) is -0.570. The van der Waals surface area contributed by atoms with Gasteiger partial charge in [0.05, 0.1) is 12.0 Å². The molecule has 0 amide bonds. The van der Waals surface area contributed by atoms with E-state index < -0.39 is 6.10 Å². The molecule has 0 spiro atoms. The largest absolute Gasteiger partial charge is 0.436 e. The first kappa shape index (κ1) is 13.9. The highest BCUT2D eigenvalue weighted by Crippen LogP contribution is 2.25. The number of para-hydroxylation sites is 2. The highest BCUT2D eigenvalue weighted by Gasteiger charge is 2.08. The van der Waals surface area contributed by atoms with Crippen LogP contribution in [0.5, 0.6) is 0 Å². The fourth-order valence-electron chi connectivity index (χ4n) is 2.05. The van der Waals surface area contributed by atoms with Crippen molar-refractivity contribution in [2.24, 2.45) is 0 Å². The van der Waals surface area contributed by atoms with E-state index in [1.165, 1.54) is 0 Å². The average molecular weight is 303 g/mol. The lowest BCUT2D eigenvalue weighted by molar-refractivity contribution is 0.211. The van der Waals surface area contributed by atoms with Gasteiger partial charge in [-0.15, -0.1) is 11.6 Å². The van der Waals surface area contributed by atoms with Gasteiger partial charge in [0.15, 0.2) is 5.58 Å². The second-order valence-corrected chi connectivity index (χ2v) is 5.07. The molecule has 0 fully saturated rings. The molecule has 1 aromatic heterocycles. The molecule has 0 saturated heterocycles. The topological polar surface area (TPSA) is 58.3 Å². The predicted molar refractivity (Wildman–Crippen MR) is 84.7 cm³/mol. The van der Waals surface area contributed by atoms with Crippen molar-refractivity contribution in [3.05, 3.63) is 48.5 Å².